The van der Waals surface area contributed by atoms with Gasteiger partial charge in [0, 0.05) is 17.6 Å². The molecule has 1 aromatic heterocycles. The lowest BCUT2D eigenvalue weighted by molar-refractivity contribution is 0.419. The van der Waals surface area contributed by atoms with Gasteiger partial charge in [-0.2, -0.15) is 0 Å². The topological polar surface area (TPSA) is 51.0 Å². The molecule has 3 nitrogen and oxygen atoms in total. The number of nitrogens with two attached hydrogens (primary N) is 1. The van der Waals surface area contributed by atoms with E-state index in [-0.39, 0.29) is 6.04 Å². The summed E-state index contributed by atoms with van der Waals surface area (Å²) in [7, 11) is 1.67. The number of hydrogen-bond acceptors (Lipinski definition) is 2. The number of aryl methyl sites for hydroxylation is 1. The zero-order chi connectivity index (χ0) is 12.4. The maximum absolute atomic E-state index is 6.15. The van der Waals surface area contributed by atoms with E-state index in [2.05, 4.69) is 4.98 Å². The number of nitrogens with one attached hydrogen (secondary N) is 1. The molecule has 3 N–H and O–H groups in total. The smallest absolute Gasteiger partial charge is 0.128 e. The molecule has 4 heteroatoms. The molecule has 17 heavy (non-hydrogen) atoms. The van der Waals surface area contributed by atoms with Gasteiger partial charge in [0.2, 0.25) is 0 Å². The van der Waals surface area contributed by atoms with E-state index in [9.17, 15) is 0 Å². The standard InChI is InChI=1S/C13H17ClN2O/c1-8(15)3-4-9-7-16-13-10(14)5-6-11(17-2)12(9)13/h5-8,16H,3-4,15H2,1-2H3. The first-order valence-corrected chi connectivity index (χ1v) is 6.09. The number of H-pyrrole nitrogens is 1. The molecule has 0 aliphatic heterocycles. The van der Waals surface area contributed by atoms with Crippen LogP contribution in [0.5, 0.6) is 5.75 Å². The molecule has 2 aromatic rings. The Bertz CT molecular complexity index is 519. The maximum atomic E-state index is 6.15. The molecule has 0 saturated carbocycles. The molecule has 92 valence electrons. The predicted octanol–water partition coefficient (Wildman–Crippen LogP) is 3.11. The molecule has 1 heterocycles. The fourth-order valence-corrected chi connectivity index (χ4v) is 2.21. The lowest BCUT2D eigenvalue weighted by Gasteiger charge is -2.07. The highest BCUT2D eigenvalue weighted by Crippen LogP contribution is 2.34. The third-order valence-corrected chi connectivity index (χ3v) is 3.23. The van der Waals surface area contributed by atoms with Crippen LogP contribution in [0.3, 0.4) is 0 Å². The summed E-state index contributed by atoms with van der Waals surface area (Å²) in [5.41, 5.74) is 7.93. The average molecular weight is 253 g/mol. The van der Waals surface area contributed by atoms with Crippen LogP contribution < -0.4 is 10.5 Å². The molecule has 0 spiro atoms. The van der Waals surface area contributed by atoms with Crippen molar-refractivity contribution in [2.45, 2.75) is 25.8 Å². The Hall–Kier alpha value is -1.19. The summed E-state index contributed by atoms with van der Waals surface area (Å²) in [6.07, 6.45) is 3.86. The van der Waals surface area contributed by atoms with Crippen molar-refractivity contribution < 1.29 is 4.74 Å². The van der Waals surface area contributed by atoms with Crippen LogP contribution in [0.1, 0.15) is 18.9 Å². The first kappa shape index (κ1) is 12.3. The molecule has 2 rings (SSSR count). The Balaban J connectivity index is 2.46. The number of halogens is 1. The Labute approximate surface area is 106 Å². The molecule has 1 unspecified atom stereocenters. The van der Waals surface area contributed by atoms with E-state index in [1.807, 2.05) is 25.3 Å². The van der Waals surface area contributed by atoms with Gasteiger partial charge >= 0.3 is 0 Å². The van der Waals surface area contributed by atoms with Crippen molar-refractivity contribution >= 4 is 22.5 Å². The molecule has 0 amide bonds. The van der Waals surface area contributed by atoms with Crippen LogP contribution >= 0.6 is 11.6 Å². The number of hydrogen-bond donors (Lipinski definition) is 2. The van der Waals surface area contributed by atoms with Gasteiger partial charge in [0.1, 0.15) is 5.75 Å². The molecule has 0 fully saturated rings. The van der Waals surface area contributed by atoms with Crippen LogP contribution in [0.4, 0.5) is 0 Å². The third kappa shape index (κ3) is 2.40. The van der Waals surface area contributed by atoms with Crippen molar-refractivity contribution in [3.63, 3.8) is 0 Å². The minimum Gasteiger partial charge on any atom is -0.496 e. The molecule has 0 saturated heterocycles. The SMILES string of the molecule is COc1ccc(Cl)c2[nH]cc(CCC(C)N)c12. The average Bonchev–Trinajstić information content (AvgIpc) is 2.72. The van der Waals surface area contributed by atoms with E-state index in [0.29, 0.717) is 5.02 Å². The van der Waals surface area contributed by atoms with E-state index in [1.165, 1.54) is 5.56 Å². The van der Waals surface area contributed by atoms with Crippen LogP contribution in [0, 0.1) is 0 Å². The zero-order valence-electron chi connectivity index (χ0n) is 10.1. The van der Waals surface area contributed by atoms with E-state index in [0.717, 1.165) is 29.5 Å². The van der Waals surface area contributed by atoms with Crippen LogP contribution in [0.2, 0.25) is 5.02 Å². The highest BCUT2D eigenvalue weighted by atomic mass is 35.5. The maximum Gasteiger partial charge on any atom is 0.128 e. The lowest BCUT2D eigenvalue weighted by atomic mass is 10.1. The van der Waals surface area contributed by atoms with Crippen LogP contribution in [0.15, 0.2) is 18.3 Å². The minimum atomic E-state index is 0.199. The van der Waals surface area contributed by atoms with Gasteiger partial charge in [-0.25, -0.2) is 0 Å². The Kier molecular flexibility index (Phi) is 3.60. The second-order valence-corrected chi connectivity index (χ2v) is 4.74. The molecule has 0 aliphatic rings. The second kappa shape index (κ2) is 4.98. The normalized spacial score (nSPS) is 12.9. The van der Waals surface area contributed by atoms with Gasteiger partial charge in [-0.1, -0.05) is 11.6 Å². The van der Waals surface area contributed by atoms with Gasteiger partial charge in [0.05, 0.1) is 17.6 Å². The highest BCUT2D eigenvalue weighted by Gasteiger charge is 2.12. The van der Waals surface area contributed by atoms with Crippen LogP contribution in [-0.4, -0.2) is 18.1 Å². The molecular weight excluding hydrogens is 236 g/mol. The molecule has 1 aromatic carbocycles. The van der Waals surface area contributed by atoms with Crippen molar-refractivity contribution in [2.24, 2.45) is 5.73 Å². The van der Waals surface area contributed by atoms with Gasteiger partial charge in [0.25, 0.3) is 0 Å². The quantitative estimate of drug-likeness (QED) is 0.879. The number of rotatable bonds is 4. The molecule has 0 bridgehead atoms. The fourth-order valence-electron chi connectivity index (χ4n) is 2.00. The van der Waals surface area contributed by atoms with Crippen molar-refractivity contribution in [2.75, 3.05) is 7.11 Å². The third-order valence-electron chi connectivity index (χ3n) is 2.92. The number of aromatic amines is 1. The summed E-state index contributed by atoms with van der Waals surface area (Å²) in [6, 6.07) is 3.94. The summed E-state index contributed by atoms with van der Waals surface area (Å²) in [6.45, 7) is 2.01. The summed E-state index contributed by atoms with van der Waals surface area (Å²) in [4.78, 5) is 3.20. The van der Waals surface area contributed by atoms with Gasteiger partial charge in [-0.3, -0.25) is 0 Å². The van der Waals surface area contributed by atoms with E-state index < -0.39 is 0 Å². The van der Waals surface area contributed by atoms with E-state index in [1.54, 1.807) is 7.11 Å². The first-order chi connectivity index (χ1) is 8.13. The number of ether oxygens (including phenoxy) is 1. The summed E-state index contributed by atoms with van der Waals surface area (Å²) in [5.74, 6) is 0.852. The molecule has 1 atom stereocenters. The van der Waals surface area contributed by atoms with Gasteiger partial charge in [0.15, 0.2) is 0 Å². The van der Waals surface area contributed by atoms with Crippen molar-refractivity contribution in [1.82, 2.24) is 4.98 Å². The van der Waals surface area contributed by atoms with E-state index >= 15 is 0 Å². The van der Waals surface area contributed by atoms with Crippen molar-refractivity contribution in [3.8, 4) is 5.75 Å². The number of methoxy groups -OCH3 is 1. The van der Waals surface area contributed by atoms with Crippen LogP contribution in [-0.2, 0) is 6.42 Å². The van der Waals surface area contributed by atoms with E-state index in [4.69, 9.17) is 22.1 Å². The molecule has 0 aliphatic carbocycles. The van der Waals surface area contributed by atoms with Gasteiger partial charge in [-0.15, -0.1) is 0 Å². The molecular formula is C13H17ClN2O. The van der Waals surface area contributed by atoms with Crippen LogP contribution in [0.25, 0.3) is 10.9 Å². The summed E-state index contributed by atoms with van der Waals surface area (Å²) >= 11 is 6.15. The highest BCUT2D eigenvalue weighted by molar-refractivity contribution is 6.35. The monoisotopic (exact) mass is 252 g/mol. The predicted molar refractivity (Wildman–Crippen MR) is 71.8 cm³/mol. The van der Waals surface area contributed by atoms with Crippen molar-refractivity contribution in [3.05, 3.63) is 28.9 Å². The molecule has 0 radical (unpaired) electrons. The summed E-state index contributed by atoms with van der Waals surface area (Å²) in [5, 5.41) is 1.79. The number of aromatic nitrogens is 1. The fraction of sp³-hybridized carbons (Fsp3) is 0.385. The lowest BCUT2D eigenvalue weighted by Crippen LogP contribution is -2.15. The second-order valence-electron chi connectivity index (χ2n) is 4.33. The number of fused-ring (bicyclic) bond motifs is 1. The summed E-state index contributed by atoms with van der Waals surface area (Å²) < 4.78 is 5.38. The Morgan fingerprint density at radius 1 is 1.47 bits per heavy atom. The number of benzene rings is 1. The zero-order valence-corrected chi connectivity index (χ0v) is 10.8. The van der Waals surface area contributed by atoms with Crippen molar-refractivity contribution in [1.29, 1.82) is 0 Å². The van der Waals surface area contributed by atoms with Gasteiger partial charge < -0.3 is 15.5 Å². The first-order valence-electron chi connectivity index (χ1n) is 5.71. The van der Waals surface area contributed by atoms with Gasteiger partial charge in [-0.05, 0) is 37.5 Å². The largest absolute Gasteiger partial charge is 0.496 e. The Morgan fingerprint density at radius 3 is 2.88 bits per heavy atom. The Morgan fingerprint density at radius 2 is 2.24 bits per heavy atom. The minimum absolute atomic E-state index is 0.199.